The molecule has 0 bridgehead atoms. The summed E-state index contributed by atoms with van der Waals surface area (Å²) in [5.74, 6) is -0.702. The number of ether oxygens (including phenoxy) is 1. The van der Waals surface area contributed by atoms with Gasteiger partial charge in [0.15, 0.2) is 11.5 Å². The molecular formula is C18H16F3N3O2. The maximum atomic E-state index is 13.4. The minimum atomic E-state index is -3.08. The highest BCUT2D eigenvalue weighted by Gasteiger charge is 2.49. The molecule has 2 aromatic carbocycles. The SMILES string of the molecule is CN1C(=O)C(c2ccccc2)(c2ccc(OC(F)F)c(CF)c2)N=C1N. The van der Waals surface area contributed by atoms with Crippen molar-refractivity contribution in [2.45, 2.75) is 18.8 Å². The van der Waals surface area contributed by atoms with Crippen molar-refractivity contribution < 1.29 is 22.7 Å². The predicted octanol–water partition coefficient (Wildman–Crippen LogP) is 2.79. The zero-order chi connectivity index (χ0) is 18.9. The highest BCUT2D eigenvalue weighted by molar-refractivity contribution is 6.08. The van der Waals surface area contributed by atoms with Crippen LogP contribution in [0.3, 0.4) is 0 Å². The van der Waals surface area contributed by atoms with Gasteiger partial charge in [-0.2, -0.15) is 8.78 Å². The van der Waals surface area contributed by atoms with Crippen molar-refractivity contribution in [3.05, 3.63) is 65.2 Å². The number of nitrogens with two attached hydrogens (primary N) is 1. The summed E-state index contributed by atoms with van der Waals surface area (Å²) in [6.45, 7) is -4.12. The molecule has 2 aromatic rings. The highest BCUT2D eigenvalue weighted by atomic mass is 19.3. The Kier molecular flexibility index (Phi) is 4.58. The highest BCUT2D eigenvalue weighted by Crippen LogP contribution is 2.40. The van der Waals surface area contributed by atoms with E-state index in [1.807, 2.05) is 0 Å². The Morgan fingerprint density at radius 1 is 1.19 bits per heavy atom. The van der Waals surface area contributed by atoms with E-state index < -0.39 is 24.7 Å². The lowest BCUT2D eigenvalue weighted by Gasteiger charge is -2.26. The smallest absolute Gasteiger partial charge is 0.387 e. The molecule has 1 amide bonds. The second-order valence-corrected chi connectivity index (χ2v) is 5.75. The van der Waals surface area contributed by atoms with Gasteiger partial charge in [0.1, 0.15) is 12.4 Å². The van der Waals surface area contributed by atoms with Crippen molar-refractivity contribution in [3.63, 3.8) is 0 Å². The van der Waals surface area contributed by atoms with Gasteiger partial charge >= 0.3 is 6.61 Å². The third-order valence-corrected chi connectivity index (χ3v) is 4.27. The molecule has 0 aromatic heterocycles. The van der Waals surface area contributed by atoms with Crippen LogP contribution >= 0.6 is 0 Å². The van der Waals surface area contributed by atoms with Gasteiger partial charge in [0, 0.05) is 12.6 Å². The fourth-order valence-electron chi connectivity index (χ4n) is 2.98. The van der Waals surface area contributed by atoms with Crippen molar-refractivity contribution in [1.29, 1.82) is 0 Å². The van der Waals surface area contributed by atoms with Crippen LogP contribution in [-0.2, 0) is 17.0 Å². The van der Waals surface area contributed by atoms with E-state index in [4.69, 9.17) is 5.73 Å². The molecule has 0 saturated heterocycles. The Morgan fingerprint density at radius 3 is 2.42 bits per heavy atom. The topological polar surface area (TPSA) is 67.9 Å². The summed E-state index contributed by atoms with van der Waals surface area (Å²) in [5, 5.41) is 0. The van der Waals surface area contributed by atoms with Gasteiger partial charge in [0.25, 0.3) is 5.91 Å². The normalized spacial score (nSPS) is 19.8. The molecule has 1 unspecified atom stereocenters. The average Bonchev–Trinajstić information content (AvgIpc) is 2.87. The minimum absolute atomic E-state index is 0.00792. The van der Waals surface area contributed by atoms with Crippen LogP contribution < -0.4 is 10.5 Å². The number of guanidine groups is 1. The maximum absolute atomic E-state index is 13.4. The molecule has 1 aliphatic heterocycles. The number of halogens is 3. The van der Waals surface area contributed by atoms with E-state index in [2.05, 4.69) is 9.73 Å². The number of carbonyl (C=O) groups excluding carboxylic acids is 1. The lowest BCUT2D eigenvalue weighted by molar-refractivity contribution is -0.129. The Balaban J connectivity index is 2.20. The number of hydrogen-bond donors (Lipinski definition) is 1. The number of benzene rings is 2. The van der Waals surface area contributed by atoms with Gasteiger partial charge in [0.2, 0.25) is 0 Å². The van der Waals surface area contributed by atoms with Crippen LogP contribution in [-0.4, -0.2) is 30.4 Å². The van der Waals surface area contributed by atoms with Crippen molar-refractivity contribution >= 4 is 11.9 Å². The molecule has 8 heteroatoms. The molecule has 1 atom stereocenters. The van der Waals surface area contributed by atoms with E-state index in [1.54, 1.807) is 30.3 Å². The Hall–Kier alpha value is -3.03. The lowest BCUT2D eigenvalue weighted by Crippen LogP contribution is -2.41. The van der Waals surface area contributed by atoms with Gasteiger partial charge in [0.05, 0.1) is 0 Å². The van der Waals surface area contributed by atoms with Crippen LogP contribution in [0.5, 0.6) is 5.75 Å². The van der Waals surface area contributed by atoms with E-state index in [-0.39, 0.29) is 17.3 Å². The molecule has 0 aliphatic carbocycles. The molecule has 0 spiro atoms. The Morgan fingerprint density at radius 2 is 1.88 bits per heavy atom. The number of likely N-dealkylation sites (N-methyl/N-ethyl adjacent to an activating group) is 1. The lowest BCUT2D eigenvalue weighted by atomic mass is 9.82. The van der Waals surface area contributed by atoms with E-state index in [9.17, 15) is 18.0 Å². The zero-order valence-electron chi connectivity index (χ0n) is 13.8. The summed E-state index contributed by atoms with van der Waals surface area (Å²) in [4.78, 5) is 18.5. The van der Waals surface area contributed by atoms with Gasteiger partial charge in [-0.3, -0.25) is 9.69 Å². The van der Waals surface area contributed by atoms with Gasteiger partial charge in [-0.15, -0.1) is 0 Å². The van der Waals surface area contributed by atoms with Crippen LogP contribution in [0.4, 0.5) is 13.2 Å². The van der Waals surface area contributed by atoms with Crippen LogP contribution in [0.2, 0.25) is 0 Å². The first-order valence-electron chi connectivity index (χ1n) is 7.73. The Labute approximate surface area is 147 Å². The zero-order valence-corrected chi connectivity index (χ0v) is 13.8. The number of amides is 1. The molecule has 5 nitrogen and oxygen atoms in total. The summed E-state index contributed by atoms with van der Waals surface area (Å²) in [7, 11) is 1.48. The molecule has 0 fully saturated rings. The summed E-state index contributed by atoms with van der Waals surface area (Å²) < 4.78 is 42.7. The number of carbonyl (C=O) groups is 1. The van der Waals surface area contributed by atoms with Gasteiger partial charge < -0.3 is 10.5 Å². The summed E-state index contributed by atoms with van der Waals surface area (Å²) in [6.07, 6.45) is 0. The quantitative estimate of drug-likeness (QED) is 0.888. The first-order valence-corrected chi connectivity index (χ1v) is 7.73. The third kappa shape index (κ3) is 2.77. The molecule has 0 saturated carbocycles. The van der Waals surface area contributed by atoms with Crippen molar-refractivity contribution in [2.24, 2.45) is 10.7 Å². The number of rotatable bonds is 5. The summed E-state index contributed by atoms with van der Waals surface area (Å²) >= 11 is 0. The molecule has 0 radical (unpaired) electrons. The Bertz CT molecular complexity index is 858. The fraction of sp³-hybridized carbons (Fsp3) is 0.222. The van der Waals surface area contributed by atoms with Crippen LogP contribution in [0.15, 0.2) is 53.5 Å². The second-order valence-electron chi connectivity index (χ2n) is 5.75. The van der Waals surface area contributed by atoms with Crippen molar-refractivity contribution in [2.75, 3.05) is 7.05 Å². The van der Waals surface area contributed by atoms with Crippen molar-refractivity contribution in [3.8, 4) is 5.75 Å². The summed E-state index contributed by atoms with van der Waals surface area (Å²) in [5.41, 5.74) is 5.08. The van der Waals surface area contributed by atoms with E-state index in [0.29, 0.717) is 11.1 Å². The van der Waals surface area contributed by atoms with Crippen LogP contribution in [0.25, 0.3) is 0 Å². The molecular weight excluding hydrogens is 347 g/mol. The average molecular weight is 363 g/mol. The van der Waals surface area contributed by atoms with E-state index >= 15 is 0 Å². The van der Waals surface area contributed by atoms with Gasteiger partial charge in [-0.25, -0.2) is 9.38 Å². The molecule has 1 heterocycles. The number of nitrogens with zero attached hydrogens (tertiary/aromatic N) is 2. The monoisotopic (exact) mass is 363 g/mol. The van der Waals surface area contributed by atoms with Crippen LogP contribution in [0, 0.1) is 0 Å². The largest absolute Gasteiger partial charge is 0.434 e. The van der Waals surface area contributed by atoms with E-state index in [1.165, 1.54) is 30.1 Å². The minimum Gasteiger partial charge on any atom is -0.434 e. The molecule has 3 rings (SSSR count). The third-order valence-electron chi connectivity index (χ3n) is 4.27. The second kappa shape index (κ2) is 6.70. The maximum Gasteiger partial charge on any atom is 0.387 e. The predicted molar refractivity (Wildman–Crippen MR) is 89.5 cm³/mol. The first-order chi connectivity index (χ1) is 12.4. The number of alkyl halides is 3. The van der Waals surface area contributed by atoms with Crippen molar-refractivity contribution in [1.82, 2.24) is 4.90 Å². The first kappa shape index (κ1) is 17.8. The van der Waals surface area contributed by atoms with E-state index in [0.717, 1.165) is 0 Å². The van der Waals surface area contributed by atoms with Crippen LogP contribution in [0.1, 0.15) is 16.7 Å². The number of aliphatic imine (C=N–C) groups is 1. The molecule has 136 valence electrons. The standard InChI is InChI=1S/C18H16F3N3O2/c1-24-15(25)18(23-17(24)22,12-5-3-2-4-6-12)13-7-8-14(26-16(20)21)11(9-13)10-19/h2-9,16H,10H2,1H3,(H2,22,23). The molecule has 2 N–H and O–H groups in total. The van der Waals surface area contributed by atoms with Gasteiger partial charge in [-0.1, -0.05) is 36.4 Å². The molecule has 26 heavy (non-hydrogen) atoms. The fourth-order valence-corrected chi connectivity index (χ4v) is 2.98. The molecule has 1 aliphatic rings. The van der Waals surface area contributed by atoms with Gasteiger partial charge in [-0.05, 0) is 23.3 Å². The number of hydrogen-bond acceptors (Lipinski definition) is 4. The summed E-state index contributed by atoms with van der Waals surface area (Å²) in [6, 6.07) is 12.6.